The molecule has 0 unspecified atom stereocenters. The number of carbonyl (C=O) groups is 2. The van der Waals surface area contributed by atoms with E-state index in [1.165, 1.54) is 18.3 Å². The minimum Gasteiger partial charge on any atom is -0.508 e. The lowest BCUT2D eigenvalue weighted by Crippen LogP contribution is -2.20. The lowest BCUT2D eigenvalue weighted by Gasteiger charge is -2.04. The van der Waals surface area contributed by atoms with Crippen molar-refractivity contribution in [2.24, 2.45) is 5.10 Å². The van der Waals surface area contributed by atoms with Gasteiger partial charge in [-0.1, -0.05) is 18.2 Å². The molecule has 2 aromatic rings. The maximum absolute atomic E-state index is 11.7. The monoisotopic (exact) mass is 327 g/mol. The maximum Gasteiger partial charge on any atom is 0.240 e. The lowest BCUT2D eigenvalue weighted by molar-refractivity contribution is -0.124. The molecular formula is C17H17N3O4. The van der Waals surface area contributed by atoms with Gasteiger partial charge in [-0.25, -0.2) is 5.43 Å². The highest BCUT2D eigenvalue weighted by molar-refractivity contribution is 5.93. The Morgan fingerprint density at radius 1 is 1.00 bits per heavy atom. The number of nitrogens with zero attached hydrogens (tertiary/aromatic N) is 1. The fourth-order valence-electron chi connectivity index (χ4n) is 1.84. The third-order valence-corrected chi connectivity index (χ3v) is 3.04. The molecule has 0 aliphatic carbocycles. The summed E-state index contributed by atoms with van der Waals surface area (Å²) in [4.78, 5) is 23.3. The summed E-state index contributed by atoms with van der Waals surface area (Å²) in [5, 5.41) is 25.1. The van der Waals surface area contributed by atoms with Crippen LogP contribution in [0, 0.1) is 0 Å². The zero-order valence-corrected chi connectivity index (χ0v) is 12.8. The number of amides is 2. The number of rotatable bonds is 6. The van der Waals surface area contributed by atoms with Crippen molar-refractivity contribution in [1.82, 2.24) is 5.43 Å². The van der Waals surface area contributed by atoms with Crippen LogP contribution in [0.1, 0.15) is 18.4 Å². The first kappa shape index (κ1) is 17.0. The van der Waals surface area contributed by atoms with Gasteiger partial charge in [0, 0.05) is 30.2 Å². The van der Waals surface area contributed by atoms with Crippen molar-refractivity contribution in [1.29, 1.82) is 0 Å². The highest BCUT2D eigenvalue weighted by Crippen LogP contribution is 2.20. The number of para-hydroxylation sites is 1. The first-order valence-electron chi connectivity index (χ1n) is 7.23. The third-order valence-electron chi connectivity index (χ3n) is 3.04. The van der Waals surface area contributed by atoms with Crippen LogP contribution < -0.4 is 10.7 Å². The second kappa shape index (κ2) is 8.33. The number of phenols is 2. The average molecular weight is 327 g/mol. The van der Waals surface area contributed by atoms with Crippen molar-refractivity contribution >= 4 is 23.7 Å². The lowest BCUT2D eigenvalue weighted by atomic mass is 10.2. The van der Waals surface area contributed by atoms with E-state index < -0.39 is 5.91 Å². The molecule has 7 nitrogen and oxygen atoms in total. The van der Waals surface area contributed by atoms with Crippen molar-refractivity contribution in [3.63, 3.8) is 0 Å². The summed E-state index contributed by atoms with van der Waals surface area (Å²) in [7, 11) is 0. The van der Waals surface area contributed by atoms with Gasteiger partial charge in [-0.15, -0.1) is 0 Å². The molecule has 0 saturated carbocycles. The predicted molar refractivity (Wildman–Crippen MR) is 89.8 cm³/mol. The van der Waals surface area contributed by atoms with E-state index >= 15 is 0 Å². The molecule has 0 aliphatic rings. The molecule has 4 N–H and O–H groups in total. The van der Waals surface area contributed by atoms with Crippen LogP contribution in [0.15, 0.2) is 53.6 Å². The first-order valence-corrected chi connectivity index (χ1v) is 7.23. The van der Waals surface area contributed by atoms with Crippen molar-refractivity contribution in [3.8, 4) is 11.5 Å². The van der Waals surface area contributed by atoms with Crippen LogP contribution in [0.5, 0.6) is 11.5 Å². The topological polar surface area (TPSA) is 111 Å². The van der Waals surface area contributed by atoms with E-state index in [0.717, 1.165) is 6.07 Å². The van der Waals surface area contributed by atoms with Crippen molar-refractivity contribution in [3.05, 3.63) is 54.1 Å². The van der Waals surface area contributed by atoms with Gasteiger partial charge >= 0.3 is 0 Å². The summed E-state index contributed by atoms with van der Waals surface area (Å²) >= 11 is 0. The van der Waals surface area contributed by atoms with E-state index in [2.05, 4.69) is 15.8 Å². The number of aromatic hydroxyl groups is 2. The predicted octanol–water partition coefficient (Wildman–Crippen LogP) is 1.97. The second-order valence-corrected chi connectivity index (χ2v) is 4.95. The number of carbonyl (C=O) groups excluding carboxylic acids is 2. The SMILES string of the molecule is O=C(CCC(=O)Nc1ccccc1)NN=Cc1ccc(O)cc1O. The summed E-state index contributed by atoms with van der Waals surface area (Å²) in [5.74, 6) is -0.919. The van der Waals surface area contributed by atoms with Gasteiger partial charge in [-0.3, -0.25) is 9.59 Å². The Kier molecular flexibility index (Phi) is 5.90. The Hall–Kier alpha value is -3.35. The summed E-state index contributed by atoms with van der Waals surface area (Å²) in [6.45, 7) is 0. The van der Waals surface area contributed by atoms with Crippen LogP contribution in [0.2, 0.25) is 0 Å². The van der Waals surface area contributed by atoms with Gasteiger partial charge < -0.3 is 15.5 Å². The Balaban J connectivity index is 1.75. The van der Waals surface area contributed by atoms with E-state index in [9.17, 15) is 14.7 Å². The smallest absolute Gasteiger partial charge is 0.240 e. The molecule has 0 bridgehead atoms. The molecule has 0 heterocycles. The van der Waals surface area contributed by atoms with E-state index in [4.69, 9.17) is 5.11 Å². The largest absolute Gasteiger partial charge is 0.508 e. The fourth-order valence-corrected chi connectivity index (χ4v) is 1.84. The zero-order chi connectivity index (χ0) is 17.4. The quantitative estimate of drug-likeness (QED) is 0.480. The number of hydrazone groups is 1. The number of phenolic OH excluding ortho intramolecular Hbond substituents is 2. The summed E-state index contributed by atoms with van der Waals surface area (Å²) < 4.78 is 0. The molecule has 2 aromatic carbocycles. The first-order chi connectivity index (χ1) is 11.5. The minimum absolute atomic E-state index is 0.0163. The maximum atomic E-state index is 11.7. The van der Waals surface area contributed by atoms with Crippen LogP contribution in [-0.4, -0.2) is 28.2 Å². The number of hydrogen-bond donors (Lipinski definition) is 4. The van der Waals surface area contributed by atoms with Crippen molar-refractivity contribution in [2.75, 3.05) is 5.32 Å². The van der Waals surface area contributed by atoms with Gasteiger partial charge in [0.1, 0.15) is 11.5 Å². The average Bonchev–Trinajstić information content (AvgIpc) is 2.56. The zero-order valence-electron chi connectivity index (χ0n) is 12.8. The van der Waals surface area contributed by atoms with Crippen LogP contribution in [-0.2, 0) is 9.59 Å². The normalized spacial score (nSPS) is 10.5. The summed E-state index contributed by atoms with van der Waals surface area (Å²) in [5.41, 5.74) is 3.28. The third kappa shape index (κ3) is 5.45. The van der Waals surface area contributed by atoms with Crippen LogP contribution >= 0.6 is 0 Å². The molecule has 124 valence electrons. The molecule has 24 heavy (non-hydrogen) atoms. The molecule has 2 amide bonds. The number of hydrogen-bond acceptors (Lipinski definition) is 5. The van der Waals surface area contributed by atoms with Gasteiger partial charge in [0.2, 0.25) is 11.8 Å². The van der Waals surface area contributed by atoms with E-state index in [1.807, 2.05) is 6.07 Å². The molecule has 0 atom stereocenters. The van der Waals surface area contributed by atoms with E-state index in [-0.39, 0.29) is 30.2 Å². The summed E-state index contributed by atoms with van der Waals surface area (Å²) in [6, 6.07) is 13.0. The number of benzene rings is 2. The molecular weight excluding hydrogens is 310 g/mol. The molecule has 0 radical (unpaired) electrons. The molecule has 7 heteroatoms. The van der Waals surface area contributed by atoms with Gasteiger partial charge in [-0.05, 0) is 24.3 Å². The van der Waals surface area contributed by atoms with Gasteiger partial charge in [-0.2, -0.15) is 5.10 Å². The fraction of sp³-hybridized carbons (Fsp3) is 0.118. The Labute approximate surface area is 138 Å². The van der Waals surface area contributed by atoms with E-state index in [1.54, 1.807) is 24.3 Å². The standard InChI is InChI=1S/C17H17N3O4/c21-14-7-6-12(15(22)10-14)11-18-20-17(24)9-8-16(23)19-13-4-2-1-3-5-13/h1-7,10-11,21-22H,8-9H2,(H,19,23)(H,20,24). The molecule has 0 aromatic heterocycles. The van der Waals surface area contributed by atoms with E-state index in [0.29, 0.717) is 11.3 Å². The van der Waals surface area contributed by atoms with Crippen LogP contribution in [0.4, 0.5) is 5.69 Å². The number of anilines is 1. The molecule has 0 aliphatic heterocycles. The van der Waals surface area contributed by atoms with Gasteiger partial charge in [0.15, 0.2) is 0 Å². The number of nitrogens with one attached hydrogen (secondary N) is 2. The van der Waals surface area contributed by atoms with Gasteiger partial charge in [0.25, 0.3) is 0 Å². The Morgan fingerprint density at radius 2 is 1.71 bits per heavy atom. The van der Waals surface area contributed by atoms with Crippen molar-refractivity contribution < 1.29 is 19.8 Å². The van der Waals surface area contributed by atoms with Crippen LogP contribution in [0.3, 0.4) is 0 Å². The van der Waals surface area contributed by atoms with Gasteiger partial charge in [0.05, 0.1) is 6.21 Å². The highest BCUT2D eigenvalue weighted by atomic mass is 16.3. The Morgan fingerprint density at radius 3 is 2.42 bits per heavy atom. The summed E-state index contributed by atoms with van der Waals surface area (Å²) in [6.07, 6.45) is 1.26. The highest BCUT2D eigenvalue weighted by Gasteiger charge is 2.06. The molecule has 0 saturated heterocycles. The van der Waals surface area contributed by atoms with Crippen molar-refractivity contribution in [2.45, 2.75) is 12.8 Å². The molecule has 0 fully saturated rings. The molecule has 0 spiro atoms. The van der Waals surface area contributed by atoms with Crippen LogP contribution in [0.25, 0.3) is 0 Å². The Bertz CT molecular complexity index is 745. The minimum atomic E-state index is -0.423. The molecule has 2 rings (SSSR count). The second-order valence-electron chi connectivity index (χ2n) is 4.95.